The minimum atomic E-state index is 0.280. The summed E-state index contributed by atoms with van der Waals surface area (Å²) in [5.74, 6) is 0.763. The number of allylic oxidation sites excluding steroid dienone is 1. The van der Waals surface area contributed by atoms with Gasteiger partial charge in [0.25, 0.3) is 0 Å². The van der Waals surface area contributed by atoms with Gasteiger partial charge >= 0.3 is 0 Å². The molecule has 2 nitrogen and oxygen atoms in total. The van der Waals surface area contributed by atoms with Crippen LogP contribution in [0, 0.1) is 0 Å². The Hall–Kier alpha value is -1.57. The average Bonchev–Trinajstić information content (AvgIpc) is 2.73. The number of carbonyl (C=O) groups excluding carboxylic acids is 1. The monoisotopic (exact) mass is 213 g/mol. The van der Waals surface area contributed by atoms with Crippen molar-refractivity contribution >= 4 is 5.91 Å². The van der Waals surface area contributed by atoms with Crippen molar-refractivity contribution in [2.24, 2.45) is 0 Å². The smallest absolute Gasteiger partial charge is 0.226 e. The van der Waals surface area contributed by atoms with Gasteiger partial charge in [0, 0.05) is 24.6 Å². The molecular weight excluding hydrogens is 198 g/mol. The molecule has 0 unspecified atom stereocenters. The van der Waals surface area contributed by atoms with Crippen molar-refractivity contribution in [1.29, 1.82) is 0 Å². The maximum absolute atomic E-state index is 11.7. The number of benzene rings is 1. The van der Waals surface area contributed by atoms with Gasteiger partial charge in [0.15, 0.2) is 0 Å². The molecule has 0 bridgehead atoms. The summed E-state index contributed by atoms with van der Waals surface area (Å²) in [6.45, 7) is 0. The topological polar surface area (TPSA) is 20.3 Å². The highest BCUT2D eigenvalue weighted by Crippen LogP contribution is 2.37. The Morgan fingerprint density at radius 3 is 2.81 bits per heavy atom. The first kappa shape index (κ1) is 9.64. The minimum Gasteiger partial charge on any atom is -0.316 e. The van der Waals surface area contributed by atoms with E-state index in [1.165, 1.54) is 5.56 Å². The second-order valence-corrected chi connectivity index (χ2v) is 4.54. The summed E-state index contributed by atoms with van der Waals surface area (Å²) in [4.78, 5) is 13.6. The zero-order valence-electron chi connectivity index (χ0n) is 9.17. The Morgan fingerprint density at radius 1 is 1.19 bits per heavy atom. The SMILES string of the molecule is O=C1CC[C@H]2[C@H](c3ccccc3)CC=CN12. The van der Waals surface area contributed by atoms with Crippen molar-refractivity contribution in [3.05, 3.63) is 48.2 Å². The molecule has 2 aliphatic heterocycles. The molecule has 2 heterocycles. The van der Waals surface area contributed by atoms with E-state index in [0.29, 0.717) is 18.4 Å². The lowest BCUT2D eigenvalue weighted by Crippen LogP contribution is -2.35. The Labute approximate surface area is 95.6 Å². The number of hydrogen-bond donors (Lipinski definition) is 0. The molecule has 16 heavy (non-hydrogen) atoms. The summed E-state index contributed by atoms with van der Waals surface area (Å²) in [7, 11) is 0. The third-order valence-electron chi connectivity index (χ3n) is 3.65. The highest BCUT2D eigenvalue weighted by Gasteiger charge is 2.37. The van der Waals surface area contributed by atoms with Crippen molar-refractivity contribution in [2.45, 2.75) is 31.2 Å². The van der Waals surface area contributed by atoms with Gasteiger partial charge < -0.3 is 4.90 Å². The van der Waals surface area contributed by atoms with Gasteiger partial charge in [-0.1, -0.05) is 36.4 Å². The zero-order chi connectivity index (χ0) is 11.0. The third-order valence-corrected chi connectivity index (χ3v) is 3.65. The molecule has 0 N–H and O–H groups in total. The van der Waals surface area contributed by atoms with Gasteiger partial charge in [0.05, 0.1) is 0 Å². The average molecular weight is 213 g/mol. The first-order valence-electron chi connectivity index (χ1n) is 5.89. The molecule has 1 aromatic carbocycles. The van der Waals surface area contributed by atoms with Gasteiger partial charge in [-0.3, -0.25) is 4.79 Å². The molecular formula is C14H15NO. The summed E-state index contributed by atoms with van der Waals surface area (Å²) in [5, 5.41) is 0. The third kappa shape index (κ3) is 1.45. The normalized spacial score (nSPS) is 28.2. The van der Waals surface area contributed by atoms with Crippen LogP contribution in [-0.2, 0) is 4.79 Å². The van der Waals surface area contributed by atoms with Crippen LogP contribution in [0.3, 0.4) is 0 Å². The number of rotatable bonds is 1. The van der Waals surface area contributed by atoms with Gasteiger partial charge in [-0.2, -0.15) is 0 Å². The molecule has 0 radical (unpaired) electrons. The number of carbonyl (C=O) groups is 1. The fourth-order valence-electron chi connectivity index (χ4n) is 2.85. The first-order valence-corrected chi connectivity index (χ1v) is 5.89. The Kier molecular flexibility index (Phi) is 2.28. The van der Waals surface area contributed by atoms with Crippen LogP contribution in [0.25, 0.3) is 0 Å². The molecule has 2 atom stereocenters. The predicted octanol–water partition coefficient (Wildman–Crippen LogP) is 2.68. The maximum atomic E-state index is 11.7. The molecule has 0 aromatic heterocycles. The van der Waals surface area contributed by atoms with Crippen LogP contribution in [0.2, 0.25) is 0 Å². The van der Waals surface area contributed by atoms with Crippen molar-refractivity contribution in [2.75, 3.05) is 0 Å². The van der Waals surface area contributed by atoms with E-state index in [0.717, 1.165) is 12.8 Å². The quantitative estimate of drug-likeness (QED) is 0.702. The summed E-state index contributed by atoms with van der Waals surface area (Å²) in [6, 6.07) is 10.9. The van der Waals surface area contributed by atoms with Crippen LogP contribution in [0.1, 0.15) is 30.7 Å². The lowest BCUT2D eigenvalue weighted by atomic mass is 9.86. The van der Waals surface area contributed by atoms with Crippen molar-refractivity contribution in [1.82, 2.24) is 4.90 Å². The summed E-state index contributed by atoms with van der Waals surface area (Å²) >= 11 is 0. The van der Waals surface area contributed by atoms with Gasteiger partial charge in [-0.25, -0.2) is 0 Å². The van der Waals surface area contributed by atoms with Gasteiger partial charge in [0.1, 0.15) is 0 Å². The fraction of sp³-hybridized carbons (Fsp3) is 0.357. The predicted molar refractivity (Wildman–Crippen MR) is 62.8 cm³/mol. The Morgan fingerprint density at radius 2 is 2.00 bits per heavy atom. The van der Waals surface area contributed by atoms with Crippen LogP contribution < -0.4 is 0 Å². The van der Waals surface area contributed by atoms with Crippen molar-refractivity contribution < 1.29 is 4.79 Å². The molecule has 0 aliphatic carbocycles. The second kappa shape index (κ2) is 3.78. The molecule has 3 rings (SSSR count). The molecule has 1 saturated heterocycles. The van der Waals surface area contributed by atoms with Gasteiger partial charge in [-0.05, 0) is 18.4 Å². The first-order chi connectivity index (χ1) is 7.86. The standard InChI is InChI=1S/C14H15NO/c16-14-9-8-13-12(7-4-10-15(13)14)11-5-2-1-3-6-11/h1-6,10,12-13H,7-9H2/t12-,13-/m0/s1. The highest BCUT2D eigenvalue weighted by atomic mass is 16.2. The van der Waals surface area contributed by atoms with Crippen LogP contribution in [-0.4, -0.2) is 16.8 Å². The number of fused-ring (bicyclic) bond motifs is 1. The lowest BCUT2D eigenvalue weighted by molar-refractivity contribution is -0.126. The van der Waals surface area contributed by atoms with E-state index in [2.05, 4.69) is 30.3 Å². The van der Waals surface area contributed by atoms with E-state index in [1.54, 1.807) is 0 Å². The van der Waals surface area contributed by atoms with Crippen molar-refractivity contribution in [3.63, 3.8) is 0 Å². The molecule has 0 saturated carbocycles. The summed E-state index contributed by atoms with van der Waals surface area (Å²) in [6.07, 6.45) is 6.86. The summed E-state index contributed by atoms with van der Waals surface area (Å²) < 4.78 is 0. The van der Waals surface area contributed by atoms with E-state index in [1.807, 2.05) is 17.2 Å². The van der Waals surface area contributed by atoms with Crippen LogP contribution >= 0.6 is 0 Å². The van der Waals surface area contributed by atoms with Crippen molar-refractivity contribution in [3.8, 4) is 0 Å². The molecule has 2 aliphatic rings. The molecule has 0 spiro atoms. The number of amides is 1. The number of nitrogens with zero attached hydrogens (tertiary/aromatic N) is 1. The Bertz CT molecular complexity index is 424. The Balaban J connectivity index is 1.93. The zero-order valence-corrected chi connectivity index (χ0v) is 9.17. The van der Waals surface area contributed by atoms with Crippen LogP contribution in [0.4, 0.5) is 0 Å². The van der Waals surface area contributed by atoms with E-state index < -0.39 is 0 Å². The highest BCUT2D eigenvalue weighted by molar-refractivity contribution is 5.80. The van der Waals surface area contributed by atoms with E-state index >= 15 is 0 Å². The summed E-state index contributed by atoms with van der Waals surface area (Å²) in [5.41, 5.74) is 1.36. The molecule has 1 amide bonds. The molecule has 1 fully saturated rings. The van der Waals surface area contributed by atoms with E-state index in [-0.39, 0.29) is 5.91 Å². The number of hydrogen-bond acceptors (Lipinski definition) is 1. The minimum absolute atomic E-state index is 0.280. The van der Waals surface area contributed by atoms with Gasteiger partial charge in [0.2, 0.25) is 5.91 Å². The molecule has 82 valence electrons. The molecule has 2 heteroatoms. The van der Waals surface area contributed by atoms with Crippen LogP contribution in [0.15, 0.2) is 42.6 Å². The van der Waals surface area contributed by atoms with E-state index in [4.69, 9.17) is 0 Å². The second-order valence-electron chi connectivity index (χ2n) is 4.54. The van der Waals surface area contributed by atoms with E-state index in [9.17, 15) is 4.79 Å². The fourth-order valence-corrected chi connectivity index (χ4v) is 2.85. The largest absolute Gasteiger partial charge is 0.316 e. The molecule has 1 aromatic rings. The van der Waals surface area contributed by atoms with Gasteiger partial charge in [-0.15, -0.1) is 0 Å². The lowest BCUT2D eigenvalue weighted by Gasteiger charge is -2.32. The van der Waals surface area contributed by atoms with Crippen LogP contribution in [0.5, 0.6) is 0 Å². The maximum Gasteiger partial charge on any atom is 0.226 e.